The zero-order chi connectivity index (χ0) is 17.6. The van der Waals surface area contributed by atoms with Crippen molar-refractivity contribution < 1.29 is 5.11 Å². The third-order valence-electron chi connectivity index (χ3n) is 5.31. The molecule has 4 nitrogen and oxygen atoms in total. The molecule has 0 spiro atoms. The van der Waals surface area contributed by atoms with Gasteiger partial charge in [-0.2, -0.15) is 0 Å². The Kier molecular flexibility index (Phi) is 7.08. The lowest BCUT2D eigenvalue weighted by atomic mass is 9.89. The molecule has 1 aromatic rings. The molecule has 1 aromatic carbocycles. The van der Waals surface area contributed by atoms with Crippen LogP contribution in [0.3, 0.4) is 0 Å². The van der Waals surface area contributed by atoms with Gasteiger partial charge in [0.15, 0.2) is 0 Å². The first kappa shape index (κ1) is 19.2. The number of aliphatic hydroxyl groups excluding tert-OH is 1. The minimum absolute atomic E-state index is 0.129. The van der Waals surface area contributed by atoms with Gasteiger partial charge in [0.25, 0.3) is 0 Å². The summed E-state index contributed by atoms with van der Waals surface area (Å²) in [5.74, 6) is 0. The zero-order valence-electron chi connectivity index (χ0n) is 15.9. The quantitative estimate of drug-likeness (QED) is 0.767. The average Bonchev–Trinajstić information content (AvgIpc) is 2.55. The SMILES string of the molecule is CN1CCC(N(C)c2ccccc2CNCC(C)(C)CCO)CC1. The summed E-state index contributed by atoms with van der Waals surface area (Å²) < 4.78 is 0. The summed E-state index contributed by atoms with van der Waals surface area (Å²) in [5, 5.41) is 12.7. The number of hydrogen-bond donors (Lipinski definition) is 2. The largest absolute Gasteiger partial charge is 0.396 e. The Morgan fingerprint density at radius 2 is 1.92 bits per heavy atom. The number of nitrogens with one attached hydrogen (secondary N) is 1. The number of likely N-dealkylation sites (tertiary alicyclic amines) is 1. The molecule has 0 amide bonds. The first-order valence-electron chi connectivity index (χ1n) is 9.24. The Bertz CT molecular complexity index is 495. The molecule has 2 rings (SSSR count). The van der Waals surface area contributed by atoms with E-state index >= 15 is 0 Å². The molecule has 0 unspecified atom stereocenters. The second kappa shape index (κ2) is 8.84. The Morgan fingerprint density at radius 3 is 2.58 bits per heavy atom. The molecule has 24 heavy (non-hydrogen) atoms. The fourth-order valence-electron chi connectivity index (χ4n) is 3.51. The van der Waals surface area contributed by atoms with Gasteiger partial charge in [-0.25, -0.2) is 0 Å². The summed E-state index contributed by atoms with van der Waals surface area (Å²) in [6, 6.07) is 9.37. The van der Waals surface area contributed by atoms with Gasteiger partial charge >= 0.3 is 0 Å². The van der Waals surface area contributed by atoms with Gasteiger partial charge in [-0.3, -0.25) is 0 Å². The topological polar surface area (TPSA) is 38.7 Å². The van der Waals surface area contributed by atoms with Gasteiger partial charge in [-0.1, -0.05) is 32.0 Å². The number of benzene rings is 1. The Balaban J connectivity index is 1.96. The van der Waals surface area contributed by atoms with Gasteiger partial charge in [0, 0.05) is 38.5 Å². The standard InChI is InChI=1S/C20H35N3O/c1-20(2,11-14-24)16-21-15-17-7-5-6-8-19(17)23(4)18-9-12-22(3)13-10-18/h5-8,18,21,24H,9-16H2,1-4H3. The van der Waals surface area contributed by atoms with Gasteiger partial charge in [0.05, 0.1) is 0 Å². The number of piperidine rings is 1. The maximum absolute atomic E-state index is 9.16. The number of rotatable bonds is 8. The molecule has 1 aliphatic rings. The molecule has 2 N–H and O–H groups in total. The van der Waals surface area contributed by atoms with Crippen LogP contribution in [0.25, 0.3) is 0 Å². The van der Waals surface area contributed by atoms with E-state index in [2.05, 4.69) is 67.3 Å². The molecule has 1 fully saturated rings. The fraction of sp³-hybridized carbons (Fsp3) is 0.700. The van der Waals surface area contributed by atoms with Crippen LogP contribution in [0.15, 0.2) is 24.3 Å². The lowest BCUT2D eigenvalue weighted by molar-refractivity contribution is 0.207. The second-order valence-corrected chi connectivity index (χ2v) is 8.02. The zero-order valence-corrected chi connectivity index (χ0v) is 15.9. The summed E-state index contributed by atoms with van der Waals surface area (Å²) in [6.07, 6.45) is 3.30. The van der Waals surface area contributed by atoms with Crippen molar-refractivity contribution in [3.63, 3.8) is 0 Å². The smallest absolute Gasteiger partial charge is 0.0436 e. The van der Waals surface area contributed by atoms with Crippen molar-refractivity contribution in [1.82, 2.24) is 10.2 Å². The monoisotopic (exact) mass is 333 g/mol. The van der Waals surface area contributed by atoms with E-state index in [0.29, 0.717) is 6.04 Å². The molecule has 0 bridgehead atoms. The predicted molar refractivity (Wildman–Crippen MR) is 103 cm³/mol. The van der Waals surface area contributed by atoms with Gasteiger partial charge in [0.1, 0.15) is 0 Å². The molecule has 0 atom stereocenters. The lowest BCUT2D eigenvalue weighted by Gasteiger charge is -2.37. The van der Waals surface area contributed by atoms with Crippen LogP contribution in [0.1, 0.15) is 38.7 Å². The van der Waals surface area contributed by atoms with Crippen LogP contribution in [-0.2, 0) is 6.54 Å². The minimum Gasteiger partial charge on any atom is -0.396 e. The van der Waals surface area contributed by atoms with Crippen LogP contribution >= 0.6 is 0 Å². The first-order chi connectivity index (χ1) is 11.4. The average molecular weight is 334 g/mol. The number of nitrogens with zero attached hydrogens (tertiary/aromatic N) is 2. The van der Waals surface area contributed by atoms with Gasteiger partial charge in [-0.15, -0.1) is 0 Å². The Hall–Kier alpha value is -1.10. The normalized spacial score (nSPS) is 17.2. The summed E-state index contributed by atoms with van der Waals surface area (Å²) in [4.78, 5) is 4.89. The van der Waals surface area contributed by atoms with Crippen molar-refractivity contribution >= 4 is 5.69 Å². The molecule has 1 heterocycles. The van der Waals surface area contributed by atoms with Crippen LogP contribution in [-0.4, -0.2) is 56.4 Å². The highest BCUT2D eigenvalue weighted by atomic mass is 16.3. The maximum atomic E-state index is 9.16. The van der Waals surface area contributed by atoms with Crippen LogP contribution in [0.2, 0.25) is 0 Å². The van der Waals surface area contributed by atoms with Crippen molar-refractivity contribution in [1.29, 1.82) is 0 Å². The molecule has 1 aliphatic heterocycles. The molecule has 1 saturated heterocycles. The van der Waals surface area contributed by atoms with E-state index in [-0.39, 0.29) is 12.0 Å². The summed E-state index contributed by atoms with van der Waals surface area (Å²) >= 11 is 0. The van der Waals surface area contributed by atoms with Crippen molar-refractivity contribution in [3.05, 3.63) is 29.8 Å². The van der Waals surface area contributed by atoms with Crippen molar-refractivity contribution in [2.24, 2.45) is 5.41 Å². The van der Waals surface area contributed by atoms with Crippen LogP contribution in [0, 0.1) is 5.41 Å². The molecule has 0 radical (unpaired) electrons. The van der Waals surface area contributed by atoms with E-state index in [1.807, 2.05) is 0 Å². The maximum Gasteiger partial charge on any atom is 0.0436 e. The molecular weight excluding hydrogens is 298 g/mol. The van der Waals surface area contributed by atoms with Crippen molar-refractivity contribution in [2.45, 2.75) is 45.7 Å². The predicted octanol–water partition coefficient (Wildman–Crippen LogP) is 2.72. The van der Waals surface area contributed by atoms with E-state index in [0.717, 1.165) is 19.5 Å². The number of anilines is 1. The van der Waals surface area contributed by atoms with E-state index in [1.165, 1.54) is 37.2 Å². The van der Waals surface area contributed by atoms with Crippen molar-refractivity contribution in [2.75, 3.05) is 45.2 Å². The van der Waals surface area contributed by atoms with Crippen LogP contribution in [0.5, 0.6) is 0 Å². The highest BCUT2D eigenvalue weighted by Gasteiger charge is 2.22. The molecule has 0 aromatic heterocycles. The number of para-hydroxylation sites is 1. The van der Waals surface area contributed by atoms with Crippen LogP contribution in [0.4, 0.5) is 5.69 Å². The van der Waals surface area contributed by atoms with E-state index in [9.17, 15) is 0 Å². The molecule has 136 valence electrons. The molecule has 0 aliphatic carbocycles. The highest BCUT2D eigenvalue weighted by molar-refractivity contribution is 5.54. The third-order valence-corrected chi connectivity index (χ3v) is 5.31. The number of aliphatic hydroxyl groups is 1. The second-order valence-electron chi connectivity index (χ2n) is 8.02. The lowest BCUT2D eigenvalue weighted by Crippen LogP contribution is -2.42. The van der Waals surface area contributed by atoms with Crippen molar-refractivity contribution in [3.8, 4) is 0 Å². The minimum atomic E-state index is 0.129. The summed E-state index contributed by atoms with van der Waals surface area (Å²) in [5.41, 5.74) is 2.84. The van der Waals surface area contributed by atoms with Gasteiger partial charge in [0.2, 0.25) is 0 Å². The first-order valence-corrected chi connectivity index (χ1v) is 9.24. The third kappa shape index (κ3) is 5.47. The Morgan fingerprint density at radius 1 is 1.25 bits per heavy atom. The summed E-state index contributed by atoms with van der Waals surface area (Å²) in [7, 11) is 4.45. The van der Waals surface area contributed by atoms with E-state index in [4.69, 9.17) is 5.11 Å². The highest BCUT2D eigenvalue weighted by Crippen LogP contribution is 2.26. The fourth-order valence-corrected chi connectivity index (χ4v) is 3.51. The molecule has 4 heteroatoms. The van der Waals surface area contributed by atoms with E-state index < -0.39 is 0 Å². The summed E-state index contributed by atoms with van der Waals surface area (Å²) in [6.45, 7) is 8.82. The van der Waals surface area contributed by atoms with Gasteiger partial charge in [-0.05, 0) is 56.4 Å². The molecule has 0 saturated carbocycles. The number of hydrogen-bond acceptors (Lipinski definition) is 4. The molecular formula is C20H35N3O. The van der Waals surface area contributed by atoms with Gasteiger partial charge < -0.3 is 20.2 Å². The Labute approximate surface area is 147 Å². The van der Waals surface area contributed by atoms with Crippen LogP contribution < -0.4 is 10.2 Å². The van der Waals surface area contributed by atoms with E-state index in [1.54, 1.807) is 0 Å².